The van der Waals surface area contributed by atoms with Crippen molar-refractivity contribution in [3.63, 3.8) is 0 Å². The normalized spacial score (nSPS) is 10.2. The Bertz CT molecular complexity index is 371. The molecule has 0 aliphatic heterocycles. The van der Waals surface area contributed by atoms with Crippen LogP contribution in [0.25, 0.3) is 0 Å². The fourth-order valence-corrected chi connectivity index (χ4v) is 1.72. The van der Waals surface area contributed by atoms with Crippen molar-refractivity contribution >= 4 is 40.1 Å². The Balaban J connectivity index is 2.50. The van der Waals surface area contributed by atoms with Crippen molar-refractivity contribution in [2.75, 3.05) is 20.1 Å². The maximum absolute atomic E-state index is 11.7. The molecule has 0 heterocycles. The monoisotopic (exact) mass is 352 g/mol. The van der Waals surface area contributed by atoms with E-state index in [0.717, 1.165) is 16.5 Å². The first-order valence-corrected chi connectivity index (χ1v) is 6.48. The van der Waals surface area contributed by atoms with Crippen molar-refractivity contribution < 1.29 is 4.79 Å². The minimum atomic E-state index is -0.0746. The molecule has 5 heteroatoms. The second-order valence-electron chi connectivity index (χ2n) is 3.34. The summed E-state index contributed by atoms with van der Waals surface area (Å²) in [6.45, 7) is 1.57. The molecule has 1 rings (SSSR count). The van der Waals surface area contributed by atoms with Crippen LogP contribution in [0.1, 0.15) is 16.8 Å². The van der Waals surface area contributed by atoms with Crippen LogP contribution < -0.4 is 10.6 Å². The fraction of sp³-hybridized carbons (Fsp3) is 0.364. The van der Waals surface area contributed by atoms with Gasteiger partial charge in [0, 0.05) is 15.7 Å². The van der Waals surface area contributed by atoms with Gasteiger partial charge < -0.3 is 10.6 Å². The highest BCUT2D eigenvalue weighted by Gasteiger charge is 2.06. The van der Waals surface area contributed by atoms with Crippen molar-refractivity contribution in [2.24, 2.45) is 0 Å². The van der Waals surface area contributed by atoms with Crippen LogP contribution in [0.3, 0.4) is 0 Å². The minimum Gasteiger partial charge on any atom is -0.352 e. The number of halogens is 2. The van der Waals surface area contributed by atoms with E-state index in [1.54, 1.807) is 12.1 Å². The SMILES string of the molecule is CNCCCNC(=O)c1ccc(I)c(Cl)c1. The lowest BCUT2D eigenvalue weighted by atomic mass is 10.2. The van der Waals surface area contributed by atoms with Gasteiger partial charge in [0.05, 0.1) is 5.02 Å². The number of amides is 1. The first-order chi connectivity index (χ1) is 7.65. The van der Waals surface area contributed by atoms with E-state index < -0.39 is 0 Å². The number of hydrogen-bond donors (Lipinski definition) is 2. The molecule has 0 atom stereocenters. The standard InChI is InChI=1S/C11H14ClIN2O/c1-14-5-2-6-15-11(16)8-3-4-10(13)9(12)7-8/h3-4,7,14H,2,5-6H2,1H3,(H,15,16). The average Bonchev–Trinajstić information content (AvgIpc) is 2.28. The summed E-state index contributed by atoms with van der Waals surface area (Å²) in [5.41, 5.74) is 0.606. The first-order valence-electron chi connectivity index (χ1n) is 5.03. The van der Waals surface area contributed by atoms with E-state index >= 15 is 0 Å². The van der Waals surface area contributed by atoms with E-state index in [9.17, 15) is 4.79 Å². The Morgan fingerprint density at radius 2 is 2.19 bits per heavy atom. The van der Waals surface area contributed by atoms with Crippen LogP contribution in [0.5, 0.6) is 0 Å². The number of nitrogens with one attached hydrogen (secondary N) is 2. The molecule has 1 aromatic rings. The molecular weight excluding hydrogens is 338 g/mol. The first kappa shape index (κ1) is 13.7. The van der Waals surface area contributed by atoms with Crippen molar-refractivity contribution in [1.82, 2.24) is 10.6 Å². The van der Waals surface area contributed by atoms with Crippen molar-refractivity contribution in [3.05, 3.63) is 32.4 Å². The van der Waals surface area contributed by atoms with Gasteiger partial charge in [0.25, 0.3) is 5.91 Å². The Kier molecular flexibility index (Phi) is 6.08. The molecule has 2 N–H and O–H groups in total. The third-order valence-corrected chi connectivity index (χ3v) is 3.64. The lowest BCUT2D eigenvalue weighted by Gasteiger charge is -2.05. The van der Waals surface area contributed by atoms with E-state index in [1.165, 1.54) is 0 Å². The summed E-state index contributed by atoms with van der Waals surface area (Å²) in [5.74, 6) is -0.0746. The molecule has 1 aromatic carbocycles. The highest BCUT2D eigenvalue weighted by Crippen LogP contribution is 2.19. The highest BCUT2D eigenvalue weighted by atomic mass is 127. The second-order valence-corrected chi connectivity index (χ2v) is 4.91. The molecule has 0 spiro atoms. The molecule has 0 aliphatic rings. The van der Waals surface area contributed by atoms with Gasteiger partial charge >= 0.3 is 0 Å². The van der Waals surface area contributed by atoms with Crippen LogP contribution in [0.2, 0.25) is 5.02 Å². The molecular formula is C11H14ClIN2O. The summed E-state index contributed by atoms with van der Waals surface area (Å²) in [7, 11) is 1.89. The predicted octanol–water partition coefficient (Wildman–Crippen LogP) is 2.28. The third-order valence-electron chi connectivity index (χ3n) is 2.07. The number of hydrogen-bond acceptors (Lipinski definition) is 2. The summed E-state index contributed by atoms with van der Waals surface area (Å²) in [5, 5.41) is 6.48. The van der Waals surface area contributed by atoms with E-state index in [1.807, 2.05) is 13.1 Å². The molecule has 16 heavy (non-hydrogen) atoms. The number of carbonyl (C=O) groups excluding carboxylic acids is 1. The van der Waals surface area contributed by atoms with E-state index in [-0.39, 0.29) is 5.91 Å². The van der Waals surface area contributed by atoms with Gasteiger partial charge in [-0.1, -0.05) is 11.6 Å². The predicted molar refractivity (Wildman–Crippen MR) is 75.0 cm³/mol. The Hall–Kier alpha value is -0.330. The average molecular weight is 353 g/mol. The second kappa shape index (κ2) is 7.09. The molecule has 0 fully saturated rings. The number of benzene rings is 1. The fourth-order valence-electron chi connectivity index (χ4n) is 1.21. The van der Waals surface area contributed by atoms with Gasteiger partial charge in [0.15, 0.2) is 0 Å². The molecule has 0 bridgehead atoms. The molecule has 88 valence electrons. The van der Waals surface area contributed by atoms with Gasteiger partial charge in [-0.3, -0.25) is 4.79 Å². The van der Waals surface area contributed by atoms with Crippen LogP contribution in [0, 0.1) is 3.57 Å². The summed E-state index contributed by atoms with van der Waals surface area (Å²) in [6, 6.07) is 5.31. The maximum atomic E-state index is 11.7. The summed E-state index contributed by atoms with van der Waals surface area (Å²) >= 11 is 8.08. The van der Waals surface area contributed by atoms with Crippen LogP contribution in [-0.2, 0) is 0 Å². The topological polar surface area (TPSA) is 41.1 Å². The molecule has 0 aliphatic carbocycles. The van der Waals surface area contributed by atoms with Crippen LogP contribution in [0.15, 0.2) is 18.2 Å². The molecule has 0 radical (unpaired) electrons. The summed E-state index contributed by atoms with van der Waals surface area (Å²) < 4.78 is 0.950. The lowest BCUT2D eigenvalue weighted by molar-refractivity contribution is 0.0953. The zero-order valence-electron chi connectivity index (χ0n) is 9.02. The zero-order chi connectivity index (χ0) is 12.0. The van der Waals surface area contributed by atoms with Gasteiger partial charge in [0.2, 0.25) is 0 Å². The summed E-state index contributed by atoms with van der Waals surface area (Å²) in [6.07, 6.45) is 0.917. The van der Waals surface area contributed by atoms with Gasteiger partial charge in [-0.05, 0) is 60.8 Å². The van der Waals surface area contributed by atoms with Gasteiger partial charge in [-0.25, -0.2) is 0 Å². The number of rotatable bonds is 5. The molecule has 0 saturated heterocycles. The minimum absolute atomic E-state index is 0.0746. The third kappa shape index (κ3) is 4.27. The smallest absolute Gasteiger partial charge is 0.251 e. The molecule has 0 aromatic heterocycles. The Labute approximate surface area is 114 Å². The quantitative estimate of drug-likeness (QED) is 0.630. The van der Waals surface area contributed by atoms with Crippen LogP contribution in [0.4, 0.5) is 0 Å². The summed E-state index contributed by atoms with van der Waals surface area (Å²) in [4.78, 5) is 11.7. The zero-order valence-corrected chi connectivity index (χ0v) is 11.9. The van der Waals surface area contributed by atoms with Crippen LogP contribution >= 0.6 is 34.2 Å². The molecule has 0 unspecified atom stereocenters. The molecule has 1 amide bonds. The highest BCUT2D eigenvalue weighted by molar-refractivity contribution is 14.1. The van der Waals surface area contributed by atoms with E-state index in [4.69, 9.17) is 11.6 Å². The largest absolute Gasteiger partial charge is 0.352 e. The van der Waals surface area contributed by atoms with Gasteiger partial charge in [0.1, 0.15) is 0 Å². The van der Waals surface area contributed by atoms with Gasteiger partial charge in [-0.2, -0.15) is 0 Å². The molecule has 3 nitrogen and oxygen atoms in total. The Morgan fingerprint density at radius 3 is 2.81 bits per heavy atom. The van der Waals surface area contributed by atoms with E-state index in [2.05, 4.69) is 33.2 Å². The number of carbonyl (C=O) groups is 1. The van der Waals surface area contributed by atoms with Crippen LogP contribution in [-0.4, -0.2) is 26.0 Å². The van der Waals surface area contributed by atoms with Crippen molar-refractivity contribution in [2.45, 2.75) is 6.42 Å². The van der Waals surface area contributed by atoms with Crippen molar-refractivity contribution in [3.8, 4) is 0 Å². The Morgan fingerprint density at radius 1 is 1.44 bits per heavy atom. The lowest BCUT2D eigenvalue weighted by Crippen LogP contribution is -2.26. The van der Waals surface area contributed by atoms with Crippen molar-refractivity contribution in [1.29, 1.82) is 0 Å². The van der Waals surface area contributed by atoms with E-state index in [0.29, 0.717) is 17.1 Å². The van der Waals surface area contributed by atoms with Gasteiger partial charge in [-0.15, -0.1) is 0 Å². The molecule has 0 saturated carbocycles. The maximum Gasteiger partial charge on any atom is 0.251 e.